The van der Waals surface area contributed by atoms with Gasteiger partial charge in [-0.15, -0.1) is 24.0 Å². The number of guanidine groups is 1. The zero-order chi connectivity index (χ0) is 19.9. The summed E-state index contributed by atoms with van der Waals surface area (Å²) in [7, 11) is 3.59. The number of methoxy groups -OCH3 is 1. The van der Waals surface area contributed by atoms with Crippen molar-refractivity contribution in [1.29, 1.82) is 0 Å². The van der Waals surface area contributed by atoms with E-state index in [-0.39, 0.29) is 24.0 Å². The zero-order valence-corrected chi connectivity index (χ0v) is 20.2. The molecular weight excluding hydrogens is 479 g/mol. The first-order chi connectivity index (χ1) is 13.6. The molecule has 0 saturated carbocycles. The Hall–Kier alpha value is -1.97. The number of hydrogen-bond donors (Lipinski definition) is 1. The van der Waals surface area contributed by atoms with Crippen LogP contribution in [0.15, 0.2) is 35.3 Å². The molecule has 1 aliphatic rings. The Morgan fingerprint density at radius 1 is 1.17 bits per heavy atom. The van der Waals surface area contributed by atoms with Crippen LogP contribution in [0.25, 0.3) is 0 Å². The maximum absolute atomic E-state index is 5.51. The van der Waals surface area contributed by atoms with Crippen LogP contribution < -0.4 is 15.0 Å². The number of piperazine rings is 1. The molecule has 0 amide bonds. The van der Waals surface area contributed by atoms with Crippen LogP contribution in [-0.2, 0) is 6.54 Å². The zero-order valence-electron chi connectivity index (χ0n) is 17.9. The van der Waals surface area contributed by atoms with Gasteiger partial charge in [0, 0.05) is 52.0 Å². The summed E-state index contributed by atoms with van der Waals surface area (Å²) < 4.78 is 7.58. The molecule has 160 valence electrons. The molecule has 0 unspecified atom stereocenters. The summed E-state index contributed by atoms with van der Waals surface area (Å²) in [4.78, 5) is 9.18. The SMILES string of the molecule is CN=C(NCCCn1nc(C)cc1C)N1CCN(c2ccccc2OC)CC1.I. The van der Waals surface area contributed by atoms with Crippen LogP contribution in [0.3, 0.4) is 0 Å². The van der Waals surface area contributed by atoms with Gasteiger partial charge in [0.1, 0.15) is 5.75 Å². The van der Waals surface area contributed by atoms with Gasteiger partial charge in [-0.05, 0) is 38.5 Å². The molecule has 0 atom stereocenters. The van der Waals surface area contributed by atoms with Crippen molar-refractivity contribution < 1.29 is 4.74 Å². The molecule has 2 aromatic rings. The van der Waals surface area contributed by atoms with Crippen molar-refractivity contribution in [2.24, 2.45) is 4.99 Å². The third-order valence-electron chi connectivity index (χ3n) is 5.15. The minimum absolute atomic E-state index is 0. The van der Waals surface area contributed by atoms with E-state index >= 15 is 0 Å². The summed E-state index contributed by atoms with van der Waals surface area (Å²) in [5, 5.41) is 8.03. The van der Waals surface area contributed by atoms with Gasteiger partial charge in [-0.3, -0.25) is 9.67 Å². The lowest BCUT2D eigenvalue weighted by Crippen LogP contribution is -2.52. The number of para-hydroxylation sites is 2. The fourth-order valence-corrected chi connectivity index (χ4v) is 3.71. The van der Waals surface area contributed by atoms with E-state index in [0.29, 0.717) is 0 Å². The summed E-state index contributed by atoms with van der Waals surface area (Å²) in [5.74, 6) is 1.91. The number of benzene rings is 1. The molecule has 1 aliphatic heterocycles. The lowest BCUT2D eigenvalue weighted by Gasteiger charge is -2.38. The van der Waals surface area contributed by atoms with Gasteiger partial charge in [0.05, 0.1) is 18.5 Å². The van der Waals surface area contributed by atoms with E-state index in [1.165, 1.54) is 5.69 Å². The molecule has 1 saturated heterocycles. The van der Waals surface area contributed by atoms with Gasteiger partial charge >= 0.3 is 0 Å². The highest BCUT2D eigenvalue weighted by Crippen LogP contribution is 2.28. The molecular formula is C21H33IN6O. The Balaban J connectivity index is 0.00000300. The quantitative estimate of drug-likeness (QED) is 0.279. The molecule has 0 aliphatic carbocycles. The topological polar surface area (TPSA) is 57.9 Å². The minimum atomic E-state index is 0. The van der Waals surface area contributed by atoms with E-state index in [1.54, 1.807) is 7.11 Å². The van der Waals surface area contributed by atoms with Crippen molar-refractivity contribution in [3.8, 4) is 5.75 Å². The van der Waals surface area contributed by atoms with Gasteiger partial charge in [0.15, 0.2) is 5.96 Å². The number of anilines is 1. The molecule has 1 fully saturated rings. The molecule has 3 rings (SSSR count). The second-order valence-corrected chi connectivity index (χ2v) is 7.12. The fourth-order valence-electron chi connectivity index (χ4n) is 3.71. The highest BCUT2D eigenvalue weighted by molar-refractivity contribution is 14.0. The van der Waals surface area contributed by atoms with Crippen molar-refractivity contribution in [2.45, 2.75) is 26.8 Å². The van der Waals surface area contributed by atoms with E-state index in [4.69, 9.17) is 4.74 Å². The van der Waals surface area contributed by atoms with Crippen molar-refractivity contribution >= 4 is 35.6 Å². The third-order valence-corrected chi connectivity index (χ3v) is 5.15. The van der Waals surface area contributed by atoms with E-state index in [9.17, 15) is 0 Å². The van der Waals surface area contributed by atoms with Crippen LogP contribution in [0.2, 0.25) is 0 Å². The van der Waals surface area contributed by atoms with Crippen LogP contribution in [0.1, 0.15) is 17.8 Å². The highest BCUT2D eigenvalue weighted by Gasteiger charge is 2.21. The molecule has 29 heavy (non-hydrogen) atoms. The Labute approximate surface area is 191 Å². The van der Waals surface area contributed by atoms with Crippen LogP contribution in [0.4, 0.5) is 5.69 Å². The second kappa shape index (κ2) is 11.3. The Morgan fingerprint density at radius 2 is 1.90 bits per heavy atom. The van der Waals surface area contributed by atoms with E-state index in [2.05, 4.69) is 55.0 Å². The lowest BCUT2D eigenvalue weighted by molar-refractivity contribution is 0.366. The first kappa shape index (κ1) is 23.3. The Bertz CT molecular complexity index is 798. The van der Waals surface area contributed by atoms with Gasteiger partial charge < -0.3 is 19.9 Å². The normalized spacial score (nSPS) is 14.6. The summed E-state index contributed by atoms with van der Waals surface area (Å²) in [6.45, 7) is 9.73. The molecule has 0 bridgehead atoms. The van der Waals surface area contributed by atoms with Gasteiger partial charge in [0.2, 0.25) is 0 Å². The molecule has 1 aromatic carbocycles. The maximum atomic E-state index is 5.51. The lowest BCUT2D eigenvalue weighted by atomic mass is 10.2. The van der Waals surface area contributed by atoms with Gasteiger partial charge in [-0.1, -0.05) is 12.1 Å². The number of aromatic nitrogens is 2. The standard InChI is InChI=1S/C21H32N6O.HI/c1-17-16-18(2)27(24-17)11-7-10-23-21(22-3)26-14-12-25(13-15-26)19-8-5-6-9-20(19)28-4;/h5-6,8-9,16H,7,10-15H2,1-4H3,(H,22,23);1H. The van der Waals surface area contributed by atoms with E-state index in [1.807, 2.05) is 26.1 Å². The predicted octanol–water partition coefficient (Wildman–Crippen LogP) is 2.91. The number of hydrogen-bond acceptors (Lipinski definition) is 4. The summed E-state index contributed by atoms with van der Waals surface area (Å²) in [6.07, 6.45) is 1.02. The Kier molecular flexibility index (Phi) is 9.06. The molecule has 1 N–H and O–H groups in total. The first-order valence-electron chi connectivity index (χ1n) is 9.97. The molecule has 8 heteroatoms. The van der Waals surface area contributed by atoms with Gasteiger partial charge in [-0.25, -0.2) is 0 Å². The minimum Gasteiger partial charge on any atom is -0.495 e. The summed E-state index contributed by atoms with van der Waals surface area (Å²) in [6, 6.07) is 10.3. The van der Waals surface area contributed by atoms with E-state index in [0.717, 1.165) is 68.8 Å². The largest absolute Gasteiger partial charge is 0.495 e. The van der Waals surface area contributed by atoms with Crippen molar-refractivity contribution in [3.05, 3.63) is 41.7 Å². The number of nitrogens with one attached hydrogen (secondary N) is 1. The highest BCUT2D eigenvalue weighted by atomic mass is 127. The van der Waals surface area contributed by atoms with E-state index < -0.39 is 0 Å². The average Bonchev–Trinajstić information content (AvgIpc) is 3.05. The van der Waals surface area contributed by atoms with Crippen molar-refractivity contribution in [3.63, 3.8) is 0 Å². The van der Waals surface area contributed by atoms with Crippen LogP contribution in [0.5, 0.6) is 5.75 Å². The fraction of sp³-hybridized carbons (Fsp3) is 0.524. The number of aliphatic imine (C=N–C) groups is 1. The molecule has 1 aromatic heterocycles. The number of halogens is 1. The third kappa shape index (κ3) is 6.01. The van der Waals surface area contributed by atoms with Gasteiger partial charge in [0.25, 0.3) is 0 Å². The molecule has 7 nitrogen and oxygen atoms in total. The van der Waals surface area contributed by atoms with Crippen LogP contribution in [-0.4, -0.2) is 67.5 Å². The maximum Gasteiger partial charge on any atom is 0.193 e. The summed E-state index contributed by atoms with van der Waals surface area (Å²) >= 11 is 0. The Morgan fingerprint density at radius 3 is 2.52 bits per heavy atom. The predicted molar refractivity (Wildman–Crippen MR) is 130 cm³/mol. The number of nitrogens with zero attached hydrogens (tertiary/aromatic N) is 5. The molecule has 2 heterocycles. The van der Waals surface area contributed by atoms with Gasteiger partial charge in [-0.2, -0.15) is 5.10 Å². The second-order valence-electron chi connectivity index (χ2n) is 7.12. The van der Waals surface area contributed by atoms with Crippen LogP contribution in [0, 0.1) is 13.8 Å². The monoisotopic (exact) mass is 512 g/mol. The number of rotatable bonds is 6. The smallest absolute Gasteiger partial charge is 0.193 e. The number of ether oxygens (including phenoxy) is 1. The molecule has 0 spiro atoms. The number of aryl methyl sites for hydroxylation is 3. The molecule has 0 radical (unpaired) electrons. The average molecular weight is 512 g/mol. The van der Waals surface area contributed by atoms with Crippen molar-refractivity contribution in [2.75, 3.05) is 51.8 Å². The summed E-state index contributed by atoms with van der Waals surface area (Å²) in [5.41, 5.74) is 3.46. The van der Waals surface area contributed by atoms with Crippen LogP contribution >= 0.6 is 24.0 Å². The van der Waals surface area contributed by atoms with Crippen molar-refractivity contribution in [1.82, 2.24) is 20.0 Å². The first-order valence-corrected chi connectivity index (χ1v) is 9.97.